The lowest BCUT2D eigenvalue weighted by Crippen LogP contribution is -2.35. The third-order valence-corrected chi connectivity index (χ3v) is 4.68. The van der Waals surface area contributed by atoms with E-state index in [1.807, 2.05) is 43.3 Å². The molecular weight excluding hydrogens is 354 g/mol. The van der Waals surface area contributed by atoms with Gasteiger partial charge in [0.05, 0.1) is 19.8 Å². The van der Waals surface area contributed by atoms with E-state index in [4.69, 9.17) is 9.47 Å². The highest BCUT2D eigenvalue weighted by Crippen LogP contribution is 2.16. The summed E-state index contributed by atoms with van der Waals surface area (Å²) < 4.78 is 10.9. The van der Waals surface area contributed by atoms with Crippen molar-refractivity contribution in [1.29, 1.82) is 0 Å². The van der Waals surface area contributed by atoms with Crippen molar-refractivity contribution in [2.75, 3.05) is 38.2 Å². The molecule has 0 bridgehead atoms. The number of amides is 2. The molecule has 0 atom stereocenters. The Labute approximate surface area is 166 Å². The minimum Gasteiger partial charge on any atom is -0.379 e. The highest BCUT2D eigenvalue weighted by Gasteiger charge is 2.11. The predicted molar refractivity (Wildman–Crippen MR) is 110 cm³/mol. The van der Waals surface area contributed by atoms with Crippen LogP contribution >= 0.6 is 0 Å². The number of nitrogens with zero attached hydrogens (tertiary/aromatic N) is 1. The number of nitrogens with one attached hydrogen (secondary N) is 2. The average molecular weight is 383 g/mol. The Kier molecular flexibility index (Phi) is 7.84. The van der Waals surface area contributed by atoms with Gasteiger partial charge >= 0.3 is 6.03 Å². The lowest BCUT2D eigenvalue weighted by Gasteiger charge is -2.26. The fourth-order valence-corrected chi connectivity index (χ4v) is 3.18. The predicted octanol–water partition coefficient (Wildman–Crippen LogP) is 3.38. The highest BCUT2D eigenvalue weighted by molar-refractivity contribution is 5.90. The molecule has 1 aliphatic heterocycles. The molecule has 28 heavy (non-hydrogen) atoms. The average Bonchev–Trinajstić information content (AvgIpc) is 2.73. The largest absolute Gasteiger partial charge is 0.379 e. The van der Waals surface area contributed by atoms with Crippen molar-refractivity contribution in [2.45, 2.75) is 26.6 Å². The molecular formula is C22H29N3O3. The van der Waals surface area contributed by atoms with Crippen molar-refractivity contribution in [3.63, 3.8) is 0 Å². The van der Waals surface area contributed by atoms with Crippen molar-refractivity contribution in [2.24, 2.45) is 0 Å². The summed E-state index contributed by atoms with van der Waals surface area (Å²) in [6, 6.07) is 15.8. The molecule has 0 aromatic heterocycles. The number of anilines is 1. The van der Waals surface area contributed by atoms with Crippen LogP contribution in [0.4, 0.5) is 10.5 Å². The first-order valence-electron chi connectivity index (χ1n) is 9.83. The molecule has 1 aliphatic rings. The van der Waals surface area contributed by atoms with E-state index in [1.54, 1.807) is 0 Å². The number of carbonyl (C=O) groups excluding carboxylic acids is 1. The van der Waals surface area contributed by atoms with Crippen molar-refractivity contribution in [3.8, 4) is 0 Å². The van der Waals surface area contributed by atoms with Gasteiger partial charge in [-0.15, -0.1) is 0 Å². The lowest BCUT2D eigenvalue weighted by atomic mass is 10.1. The van der Waals surface area contributed by atoms with Crippen LogP contribution in [0, 0.1) is 0 Å². The number of urea groups is 1. The number of carbonyl (C=O) groups is 1. The Hall–Kier alpha value is -2.41. The van der Waals surface area contributed by atoms with Crippen LogP contribution in [-0.2, 0) is 29.2 Å². The summed E-state index contributed by atoms with van der Waals surface area (Å²) in [7, 11) is 0. The van der Waals surface area contributed by atoms with E-state index in [0.717, 1.165) is 49.7 Å². The van der Waals surface area contributed by atoms with E-state index >= 15 is 0 Å². The molecule has 1 heterocycles. The third-order valence-electron chi connectivity index (χ3n) is 4.68. The second-order valence-electron chi connectivity index (χ2n) is 6.81. The van der Waals surface area contributed by atoms with Gasteiger partial charge in [-0.05, 0) is 24.1 Å². The van der Waals surface area contributed by atoms with Gasteiger partial charge < -0.3 is 20.1 Å². The minimum absolute atomic E-state index is 0.220. The number of hydrogen-bond acceptors (Lipinski definition) is 4. The van der Waals surface area contributed by atoms with Gasteiger partial charge in [0.2, 0.25) is 0 Å². The molecule has 6 heteroatoms. The summed E-state index contributed by atoms with van der Waals surface area (Å²) in [6.45, 7) is 7.99. The summed E-state index contributed by atoms with van der Waals surface area (Å²) in [5, 5.41) is 5.85. The topological polar surface area (TPSA) is 62.8 Å². The Bertz CT molecular complexity index is 760. The van der Waals surface area contributed by atoms with Crippen molar-refractivity contribution in [1.82, 2.24) is 10.2 Å². The molecule has 2 aromatic carbocycles. The molecule has 1 fully saturated rings. The molecule has 0 saturated carbocycles. The van der Waals surface area contributed by atoms with Gasteiger partial charge in [-0.25, -0.2) is 4.79 Å². The van der Waals surface area contributed by atoms with E-state index in [9.17, 15) is 4.79 Å². The summed E-state index contributed by atoms with van der Waals surface area (Å²) in [4.78, 5) is 14.7. The van der Waals surface area contributed by atoms with Crippen molar-refractivity contribution < 1.29 is 14.3 Å². The van der Waals surface area contributed by atoms with Crippen LogP contribution in [0.15, 0.2) is 48.5 Å². The molecule has 0 unspecified atom stereocenters. The quantitative estimate of drug-likeness (QED) is 0.734. The van der Waals surface area contributed by atoms with Gasteiger partial charge in [0.15, 0.2) is 0 Å². The van der Waals surface area contributed by atoms with Gasteiger partial charge in [-0.3, -0.25) is 4.90 Å². The minimum atomic E-state index is -0.220. The third kappa shape index (κ3) is 6.34. The zero-order chi connectivity index (χ0) is 19.6. The lowest BCUT2D eigenvalue weighted by molar-refractivity contribution is 0.0342. The van der Waals surface area contributed by atoms with Crippen LogP contribution in [0.1, 0.15) is 23.6 Å². The summed E-state index contributed by atoms with van der Waals surface area (Å²) >= 11 is 0. The first-order valence-corrected chi connectivity index (χ1v) is 9.83. The fourth-order valence-electron chi connectivity index (χ4n) is 3.18. The number of benzene rings is 2. The van der Waals surface area contributed by atoms with Crippen LogP contribution < -0.4 is 10.6 Å². The zero-order valence-corrected chi connectivity index (χ0v) is 16.4. The molecule has 3 rings (SSSR count). The Morgan fingerprint density at radius 3 is 2.71 bits per heavy atom. The molecule has 0 aliphatic carbocycles. The first-order chi connectivity index (χ1) is 13.7. The normalized spacial score (nSPS) is 14.6. The van der Waals surface area contributed by atoms with E-state index in [1.165, 1.54) is 5.56 Å². The summed E-state index contributed by atoms with van der Waals surface area (Å²) in [5.41, 5.74) is 4.08. The monoisotopic (exact) mass is 383 g/mol. The zero-order valence-electron chi connectivity index (χ0n) is 16.4. The highest BCUT2D eigenvalue weighted by atomic mass is 16.5. The van der Waals surface area contributed by atoms with E-state index < -0.39 is 0 Å². The van der Waals surface area contributed by atoms with Crippen LogP contribution in [0.5, 0.6) is 0 Å². The second-order valence-corrected chi connectivity index (χ2v) is 6.81. The maximum absolute atomic E-state index is 12.3. The summed E-state index contributed by atoms with van der Waals surface area (Å²) in [5.74, 6) is 0. The van der Waals surface area contributed by atoms with Gasteiger partial charge in [0, 0.05) is 44.0 Å². The number of hydrogen-bond donors (Lipinski definition) is 2. The first kappa shape index (κ1) is 20.3. The van der Waals surface area contributed by atoms with Gasteiger partial charge in [0.25, 0.3) is 0 Å². The van der Waals surface area contributed by atoms with Crippen molar-refractivity contribution >= 4 is 11.7 Å². The number of morpholine rings is 1. The smallest absolute Gasteiger partial charge is 0.319 e. The van der Waals surface area contributed by atoms with Gasteiger partial charge in [0.1, 0.15) is 0 Å². The summed E-state index contributed by atoms with van der Waals surface area (Å²) in [6.07, 6.45) is 0. The SMILES string of the molecule is CCOCc1ccccc1NC(=O)NCc1cccc(CN2CCOCC2)c1. The maximum Gasteiger partial charge on any atom is 0.319 e. The van der Waals surface area contributed by atoms with Crippen molar-refractivity contribution in [3.05, 3.63) is 65.2 Å². The molecule has 2 N–H and O–H groups in total. The molecule has 6 nitrogen and oxygen atoms in total. The molecule has 0 radical (unpaired) electrons. The van der Waals surface area contributed by atoms with Gasteiger partial charge in [-0.2, -0.15) is 0 Å². The van der Waals surface area contributed by atoms with Gasteiger partial charge in [-0.1, -0.05) is 42.5 Å². The molecule has 1 saturated heterocycles. The number of ether oxygens (including phenoxy) is 2. The Morgan fingerprint density at radius 1 is 1.11 bits per heavy atom. The standard InChI is InChI=1S/C22H29N3O3/c1-2-27-17-20-8-3-4-9-21(20)24-22(26)23-15-18-6-5-7-19(14-18)16-25-10-12-28-13-11-25/h3-9,14H,2,10-13,15-17H2,1H3,(H2,23,24,26). The van der Waals surface area contributed by atoms with E-state index in [2.05, 4.69) is 27.7 Å². The molecule has 2 aromatic rings. The Morgan fingerprint density at radius 2 is 1.89 bits per heavy atom. The molecule has 2 amide bonds. The van der Waals surface area contributed by atoms with Crippen LogP contribution in [-0.4, -0.2) is 43.8 Å². The van der Waals surface area contributed by atoms with Crippen LogP contribution in [0.2, 0.25) is 0 Å². The number of para-hydroxylation sites is 1. The second kappa shape index (κ2) is 10.8. The van der Waals surface area contributed by atoms with Crippen LogP contribution in [0.3, 0.4) is 0 Å². The molecule has 150 valence electrons. The maximum atomic E-state index is 12.3. The van der Waals surface area contributed by atoms with Crippen LogP contribution in [0.25, 0.3) is 0 Å². The fraction of sp³-hybridized carbons (Fsp3) is 0.409. The Balaban J connectivity index is 1.51. The number of rotatable bonds is 8. The van der Waals surface area contributed by atoms with E-state index in [0.29, 0.717) is 19.8 Å². The van der Waals surface area contributed by atoms with E-state index in [-0.39, 0.29) is 6.03 Å². The molecule has 0 spiro atoms.